The van der Waals surface area contributed by atoms with Crippen molar-refractivity contribution in [3.8, 4) is 0 Å². The second-order valence-electron chi connectivity index (χ2n) is 3.93. The smallest absolute Gasteiger partial charge is 0.116 e. The summed E-state index contributed by atoms with van der Waals surface area (Å²) >= 11 is 7.69. The third-order valence-electron chi connectivity index (χ3n) is 3.15. The monoisotopic (exact) mass is 215 g/mol. The highest BCUT2D eigenvalue weighted by Gasteiger charge is 2.27. The Morgan fingerprint density at radius 1 is 1.46 bits per heavy atom. The number of halogens is 1. The van der Waals surface area contributed by atoms with Gasteiger partial charge in [-0.1, -0.05) is 25.4 Å². The Balaban J connectivity index is 2.51. The van der Waals surface area contributed by atoms with E-state index in [9.17, 15) is 0 Å². The molecule has 1 aromatic rings. The molecule has 0 saturated heterocycles. The van der Waals surface area contributed by atoms with Crippen molar-refractivity contribution in [3.05, 3.63) is 14.8 Å². The number of nitrogens with two attached hydrogens (primary N) is 1. The summed E-state index contributed by atoms with van der Waals surface area (Å²) in [6.07, 6.45) is 2.42. The predicted molar refractivity (Wildman–Crippen MR) is 59.6 cm³/mol. The number of anilines is 1. The molecule has 0 bridgehead atoms. The molecule has 1 heterocycles. The highest BCUT2D eigenvalue weighted by atomic mass is 35.5. The van der Waals surface area contributed by atoms with Crippen LogP contribution in [0.15, 0.2) is 0 Å². The molecule has 0 aromatic carbocycles. The summed E-state index contributed by atoms with van der Waals surface area (Å²) < 4.78 is 0.783. The zero-order chi connectivity index (χ0) is 9.59. The Morgan fingerprint density at radius 3 is 2.85 bits per heavy atom. The first-order chi connectivity index (χ1) is 6.11. The lowest BCUT2D eigenvalue weighted by atomic mass is 9.80. The summed E-state index contributed by atoms with van der Waals surface area (Å²) in [6, 6.07) is 0. The molecular weight excluding hydrogens is 202 g/mol. The van der Waals surface area contributed by atoms with Gasteiger partial charge in [0.25, 0.3) is 0 Å². The molecular formula is C10H14ClNS. The molecule has 2 unspecified atom stereocenters. The lowest BCUT2D eigenvalue weighted by molar-refractivity contribution is 0.431. The quantitative estimate of drug-likeness (QED) is 0.702. The van der Waals surface area contributed by atoms with E-state index in [0.717, 1.165) is 22.4 Å². The van der Waals surface area contributed by atoms with Crippen molar-refractivity contribution in [3.63, 3.8) is 0 Å². The van der Waals surface area contributed by atoms with Crippen LogP contribution in [0, 0.1) is 5.92 Å². The van der Waals surface area contributed by atoms with Crippen LogP contribution in [0.5, 0.6) is 0 Å². The van der Waals surface area contributed by atoms with Gasteiger partial charge in [-0.3, -0.25) is 0 Å². The zero-order valence-corrected chi connectivity index (χ0v) is 9.50. The highest BCUT2D eigenvalue weighted by Crippen LogP contribution is 2.46. The van der Waals surface area contributed by atoms with E-state index in [0.29, 0.717) is 5.92 Å². The van der Waals surface area contributed by atoms with Crippen molar-refractivity contribution in [1.82, 2.24) is 0 Å². The fraction of sp³-hybridized carbons (Fsp3) is 0.600. The summed E-state index contributed by atoms with van der Waals surface area (Å²) in [5, 5.41) is 0. The molecule has 0 amide bonds. The fourth-order valence-corrected chi connectivity index (χ4v) is 3.50. The summed E-state index contributed by atoms with van der Waals surface area (Å²) in [5.41, 5.74) is 8.12. The van der Waals surface area contributed by atoms with Crippen molar-refractivity contribution < 1.29 is 0 Å². The predicted octanol–water partition coefficient (Wildman–Crippen LogP) is 3.67. The van der Waals surface area contributed by atoms with Crippen molar-refractivity contribution in [2.24, 2.45) is 5.92 Å². The minimum Gasteiger partial charge on any atom is -0.397 e. The van der Waals surface area contributed by atoms with Gasteiger partial charge in [0.15, 0.2) is 0 Å². The van der Waals surface area contributed by atoms with Gasteiger partial charge in [-0.15, -0.1) is 11.3 Å². The molecule has 1 aliphatic rings. The van der Waals surface area contributed by atoms with Crippen LogP contribution < -0.4 is 5.73 Å². The van der Waals surface area contributed by atoms with Crippen LogP contribution in [0.3, 0.4) is 0 Å². The normalized spacial score (nSPS) is 27.3. The SMILES string of the molecule is CC1CCc2sc(Cl)c(N)c2C1C. The van der Waals surface area contributed by atoms with Crippen molar-refractivity contribution >= 4 is 28.6 Å². The number of rotatable bonds is 0. The van der Waals surface area contributed by atoms with E-state index in [-0.39, 0.29) is 0 Å². The van der Waals surface area contributed by atoms with E-state index in [1.54, 1.807) is 11.3 Å². The number of fused-ring (bicyclic) bond motifs is 1. The molecule has 0 aliphatic heterocycles. The number of nitrogen functional groups attached to an aromatic ring is 1. The first kappa shape index (κ1) is 9.35. The van der Waals surface area contributed by atoms with Gasteiger partial charge < -0.3 is 5.73 Å². The first-order valence-corrected chi connectivity index (χ1v) is 5.87. The Morgan fingerprint density at radius 2 is 2.15 bits per heavy atom. The van der Waals surface area contributed by atoms with Gasteiger partial charge in [-0.2, -0.15) is 0 Å². The summed E-state index contributed by atoms with van der Waals surface area (Å²) in [6.45, 7) is 4.54. The highest BCUT2D eigenvalue weighted by molar-refractivity contribution is 7.17. The lowest BCUT2D eigenvalue weighted by Gasteiger charge is -2.26. The van der Waals surface area contributed by atoms with Crippen LogP contribution in [0.1, 0.15) is 36.6 Å². The molecule has 1 aromatic heterocycles. The van der Waals surface area contributed by atoms with Gasteiger partial charge in [-0.25, -0.2) is 0 Å². The molecule has 2 atom stereocenters. The van der Waals surface area contributed by atoms with Crippen molar-refractivity contribution in [1.29, 1.82) is 0 Å². The van der Waals surface area contributed by atoms with E-state index < -0.39 is 0 Å². The number of thiophene rings is 1. The van der Waals surface area contributed by atoms with Gasteiger partial charge in [0.05, 0.1) is 5.69 Å². The largest absolute Gasteiger partial charge is 0.397 e. The van der Waals surface area contributed by atoms with E-state index >= 15 is 0 Å². The van der Waals surface area contributed by atoms with Crippen LogP contribution in [-0.2, 0) is 6.42 Å². The molecule has 2 N–H and O–H groups in total. The minimum atomic E-state index is 0.576. The number of aryl methyl sites for hydroxylation is 1. The second kappa shape index (κ2) is 3.18. The Labute approximate surface area is 87.9 Å². The maximum atomic E-state index is 6.03. The standard InChI is InChI=1S/C10H14ClNS/c1-5-3-4-7-8(6(5)2)9(12)10(11)13-7/h5-6H,3-4,12H2,1-2H3. The van der Waals surface area contributed by atoms with E-state index in [1.165, 1.54) is 16.9 Å². The van der Waals surface area contributed by atoms with E-state index in [4.69, 9.17) is 17.3 Å². The summed E-state index contributed by atoms with van der Waals surface area (Å²) in [5.74, 6) is 1.31. The van der Waals surface area contributed by atoms with Gasteiger partial charge in [0, 0.05) is 4.88 Å². The minimum absolute atomic E-state index is 0.576. The molecule has 3 heteroatoms. The maximum absolute atomic E-state index is 6.03. The average molecular weight is 216 g/mol. The molecule has 13 heavy (non-hydrogen) atoms. The summed E-state index contributed by atoms with van der Waals surface area (Å²) in [4.78, 5) is 1.41. The number of hydrogen-bond acceptors (Lipinski definition) is 2. The van der Waals surface area contributed by atoms with Crippen LogP contribution >= 0.6 is 22.9 Å². The third kappa shape index (κ3) is 1.36. The van der Waals surface area contributed by atoms with Crippen molar-refractivity contribution in [2.75, 3.05) is 5.73 Å². The summed E-state index contributed by atoms with van der Waals surface area (Å²) in [7, 11) is 0. The molecule has 0 fully saturated rings. The average Bonchev–Trinajstić information content (AvgIpc) is 2.37. The maximum Gasteiger partial charge on any atom is 0.116 e. The zero-order valence-electron chi connectivity index (χ0n) is 7.93. The third-order valence-corrected chi connectivity index (χ3v) is 4.66. The molecule has 0 spiro atoms. The van der Waals surface area contributed by atoms with Gasteiger partial charge in [-0.05, 0) is 30.2 Å². The topological polar surface area (TPSA) is 26.0 Å². The second-order valence-corrected chi connectivity index (χ2v) is 5.64. The Kier molecular flexibility index (Phi) is 2.28. The van der Waals surface area contributed by atoms with Gasteiger partial charge >= 0.3 is 0 Å². The van der Waals surface area contributed by atoms with Crippen molar-refractivity contribution in [2.45, 2.75) is 32.6 Å². The fourth-order valence-electron chi connectivity index (χ4n) is 2.05. The molecule has 1 nitrogen and oxygen atoms in total. The lowest BCUT2D eigenvalue weighted by Crippen LogP contribution is -2.15. The van der Waals surface area contributed by atoms with Gasteiger partial charge in [0.1, 0.15) is 4.34 Å². The Hall–Kier alpha value is -0.210. The van der Waals surface area contributed by atoms with E-state index in [2.05, 4.69) is 13.8 Å². The van der Waals surface area contributed by atoms with Crippen LogP contribution in [0.25, 0.3) is 0 Å². The first-order valence-electron chi connectivity index (χ1n) is 4.67. The molecule has 1 aliphatic carbocycles. The van der Waals surface area contributed by atoms with Gasteiger partial charge in [0.2, 0.25) is 0 Å². The van der Waals surface area contributed by atoms with E-state index in [1.807, 2.05) is 0 Å². The molecule has 72 valence electrons. The molecule has 2 rings (SSSR count). The molecule has 0 radical (unpaired) electrons. The van der Waals surface area contributed by atoms with Crippen LogP contribution in [0.2, 0.25) is 4.34 Å². The Bertz CT molecular complexity index is 332. The van der Waals surface area contributed by atoms with Crippen LogP contribution in [-0.4, -0.2) is 0 Å². The van der Waals surface area contributed by atoms with Crippen LogP contribution in [0.4, 0.5) is 5.69 Å². The molecule has 0 saturated carbocycles. The number of hydrogen-bond donors (Lipinski definition) is 1.